The molecule has 17 heavy (non-hydrogen) atoms. The van der Waals surface area contributed by atoms with Crippen molar-refractivity contribution in [2.24, 2.45) is 7.05 Å². The van der Waals surface area contributed by atoms with Gasteiger partial charge in [-0.2, -0.15) is 5.10 Å². The number of nitrogens with one attached hydrogen (secondary N) is 1. The molecule has 5 heteroatoms. The molecule has 0 radical (unpaired) electrons. The van der Waals surface area contributed by atoms with E-state index < -0.39 is 0 Å². The first-order valence-corrected chi connectivity index (χ1v) is 6.08. The average molecular weight is 291 g/mol. The molecule has 0 aliphatic rings. The van der Waals surface area contributed by atoms with Gasteiger partial charge in [-0.25, -0.2) is 4.98 Å². The van der Waals surface area contributed by atoms with Crippen molar-refractivity contribution < 1.29 is 0 Å². The molecule has 2 heterocycles. The minimum Gasteiger partial charge on any atom is -0.337 e. The lowest BCUT2D eigenvalue weighted by Crippen LogP contribution is -1.88. The van der Waals surface area contributed by atoms with E-state index in [4.69, 9.17) is 0 Å². The van der Waals surface area contributed by atoms with Crippen molar-refractivity contribution in [3.05, 3.63) is 34.4 Å². The predicted molar refractivity (Wildman–Crippen MR) is 70.7 cm³/mol. The summed E-state index contributed by atoms with van der Waals surface area (Å²) in [5.41, 5.74) is 4.03. The molecule has 0 fully saturated rings. The van der Waals surface area contributed by atoms with Gasteiger partial charge in [0.2, 0.25) is 0 Å². The zero-order valence-electron chi connectivity index (χ0n) is 9.53. The number of fused-ring (bicyclic) bond motifs is 1. The van der Waals surface area contributed by atoms with Crippen LogP contribution in [-0.2, 0) is 7.05 Å². The van der Waals surface area contributed by atoms with Crippen LogP contribution in [0.2, 0.25) is 0 Å². The Morgan fingerprint density at radius 3 is 2.88 bits per heavy atom. The molecule has 0 amide bonds. The number of aromatic amines is 1. The first kappa shape index (κ1) is 10.5. The number of aryl methyl sites for hydroxylation is 2. The van der Waals surface area contributed by atoms with E-state index in [0.29, 0.717) is 0 Å². The third-order valence-corrected chi connectivity index (χ3v) is 3.16. The molecule has 0 saturated carbocycles. The number of hydrogen-bond acceptors (Lipinski definition) is 2. The molecule has 3 aromatic rings. The minimum absolute atomic E-state index is 0.807. The lowest BCUT2D eigenvalue weighted by atomic mass is 10.2. The van der Waals surface area contributed by atoms with Crippen LogP contribution in [0, 0.1) is 6.92 Å². The highest BCUT2D eigenvalue weighted by molar-refractivity contribution is 9.10. The van der Waals surface area contributed by atoms with Crippen molar-refractivity contribution in [1.29, 1.82) is 0 Å². The molecule has 1 N–H and O–H groups in total. The molecule has 0 unspecified atom stereocenters. The summed E-state index contributed by atoms with van der Waals surface area (Å²) >= 11 is 3.49. The van der Waals surface area contributed by atoms with Gasteiger partial charge in [-0.3, -0.25) is 4.68 Å². The Labute approximate surface area is 107 Å². The molecule has 1 aromatic carbocycles. The molecule has 4 nitrogen and oxygen atoms in total. The van der Waals surface area contributed by atoms with Crippen LogP contribution in [0.25, 0.3) is 22.6 Å². The lowest BCUT2D eigenvalue weighted by molar-refractivity contribution is 0.769. The monoisotopic (exact) mass is 290 g/mol. The molecule has 2 aromatic heterocycles. The fraction of sp³-hybridized carbons (Fsp3) is 0.167. The van der Waals surface area contributed by atoms with Gasteiger partial charge in [0.25, 0.3) is 0 Å². The van der Waals surface area contributed by atoms with Crippen molar-refractivity contribution >= 4 is 27.0 Å². The Hall–Kier alpha value is -1.62. The standard InChI is InChI=1S/C12H11BrN4/c1-7-5-8(13)6-10-11(7)15-12(14-10)9-3-4-17(2)16-9/h3-6H,1-2H3,(H,14,15). The van der Waals surface area contributed by atoms with E-state index in [2.05, 4.69) is 44.0 Å². The predicted octanol–water partition coefficient (Wildman–Crippen LogP) is 3.03. The van der Waals surface area contributed by atoms with Crippen LogP contribution in [0.1, 0.15) is 5.56 Å². The summed E-state index contributed by atoms with van der Waals surface area (Å²) < 4.78 is 2.82. The van der Waals surface area contributed by atoms with Crippen LogP contribution in [0.4, 0.5) is 0 Å². The number of rotatable bonds is 1. The fourth-order valence-electron chi connectivity index (χ4n) is 1.91. The Balaban J connectivity index is 2.23. The number of halogens is 1. The average Bonchev–Trinajstić information content (AvgIpc) is 2.83. The van der Waals surface area contributed by atoms with Gasteiger partial charge < -0.3 is 4.98 Å². The Morgan fingerprint density at radius 1 is 1.35 bits per heavy atom. The molecule has 0 atom stereocenters. The van der Waals surface area contributed by atoms with Crippen molar-refractivity contribution in [1.82, 2.24) is 19.7 Å². The van der Waals surface area contributed by atoms with Gasteiger partial charge in [0.05, 0.1) is 11.0 Å². The second-order valence-electron chi connectivity index (χ2n) is 4.08. The van der Waals surface area contributed by atoms with Crippen LogP contribution in [0.3, 0.4) is 0 Å². The van der Waals surface area contributed by atoms with E-state index in [0.717, 1.165) is 32.6 Å². The Kier molecular flexibility index (Phi) is 2.29. The summed E-state index contributed by atoms with van der Waals surface area (Å²) in [6, 6.07) is 6.04. The first-order valence-electron chi connectivity index (χ1n) is 5.29. The number of benzene rings is 1. The lowest BCUT2D eigenvalue weighted by Gasteiger charge is -1.94. The number of aromatic nitrogens is 4. The first-order chi connectivity index (χ1) is 8.13. The van der Waals surface area contributed by atoms with Gasteiger partial charge >= 0.3 is 0 Å². The molecule has 0 saturated heterocycles. The van der Waals surface area contributed by atoms with Crippen LogP contribution >= 0.6 is 15.9 Å². The van der Waals surface area contributed by atoms with Crippen molar-refractivity contribution in [3.63, 3.8) is 0 Å². The molecule has 0 spiro atoms. The van der Waals surface area contributed by atoms with Gasteiger partial charge in [0.15, 0.2) is 5.82 Å². The SMILES string of the molecule is Cc1cc(Br)cc2[nH]c(-c3ccn(C)n3)nc12. The summed E-state index contributed by atoms with van der Waals surface area (Å²) in [6.07, 6.45) is 1.91. The summed E-state index contributed by atoms with van der Waals surface area (Å²) in [5.74, 6) is 0.807. The van der Waals surface area contributed by atoms with Gasteiger partial charge in [0.1, 0.15) is 5.69 Å². The molecular weight excluding hydrogens is 280 g/mol. The van der Waals surface area contributed by atoms with E-state index in [9.17, 15) is 0 Å². The normalized spacial score (nSPS) is 11.2. The highest BCUT2D eigenvalue weighted by Crippen LogP contribution is 2.25. The maximum Gasteiger partial charge on any atom is 0.159 e. The van der Waals surface area contributed by atoms with E-state index in [1.807, 2.05) is 25.4 Å². The zero-order chi connectivity index (χ0) is 12.0. The highest BCUT2D eigenvalue weighted by atomic mass is 79.9. The van der Waals surface area contributed by atoms with E-state index in [1.54, 1.807) is 4.68 Å². The smallest absolute Gasteiger partial charge is 0.159 e. The Bertz CT molecular complexity index is 696. The van der Waals surface area contributed by atoms with Crippen molar-refractivity contribution in [2.75, 3.05) is 0 Å². The quantitative estimate of drug-likeness (QED) is 0.749. The summed E-state index contributed by atoms with van der Waals surface area (Å²) in [6.45, 7) is 2.05. The molecule has 86 valence electrons. The molecule has 0 aliphatic carbocycles. The van der Waals surface area contributed by atoms with Gasteiger partial charge in [-0.15, -0.1) is 0 Å². The molecule has 0 aliphatic heterocycles. The molecular formula is C12H11BrN4. The van der Waals surface area contributed by atoms with Gasteiger partial charge in [-0.1, -0.05) is 15.9 Å². The Morgan fingerprint density at radius 2 is 2.18 bits per heavy atom. The number of imidazole rings is 1. The van der Waals surface area contributed by atoms with Crippen molar-refractivity contribution in [2.45, 2.75) is 6.92 Å². The second-order valence-corrected chi connectivity index (χ2v) is 4.99. The third-order valence-electron chi connectivity index (χ3n) is 2.70. The second kappa shape index (κ2) is 3.70. The van der Waals surface area contributed by atoms with Crippen LogP contribution < -0.4 is 0 Å². The maximum absolute atomic E-state index is 4.58. The largest absolute Gasteiger partial charge is 0.337 e. The van der Waals surface area contributed by atoms with E-state index in [1.165, 1.54) is 0 Å². The summed E-state index contributed by atoms with van der Waals surface area (Å²) in [7, 11) is 1.90. The molecule has 3 rings (SSSR count). The summed E-state index contributed by atoms with van der Waals surface area (Å²) in [4.78, 5) is 7.87. The van der Waals surface area contributed by atoms with Crippen LogP contribution in [0.5, 0.6) is 0 Å². The van der Waals surface area contributed by atoms with Gasteiger partial charge in [0, 0.05) is 17.7 Å². The zero-order valence-corrected chi connectivity index (χ0v) is 11.1. The van der Waals surface area contributed by atoms with Crippen LogP contribution in [0.15, 0.2) is 28.9 Å². The topological polar surface area (TPSA) is 46.5 Å². The summed E-state index contributed by atoms with van der Waals surface area (Å²) in [5, 5.41) is 4.34. The number of hydrogen-bond donors (Lipinski definition) is 1. The van der Waals surface area contributed by atoms with E-state index in [-0.39, 0.29) is 0 Å². The number of nitrogens with zero attached hydrogens (tertiary/aromatic N) is 3. The molecule has 0 bridgehead atoms. The third kappa shape index (κ3) is 1.76. The fourth-order valence-corrected chi connectivity index (χ4v) is 2.48. The minimum atomic E-state index is 0.807. The van der Waals surface area contributed by atoms with Crippen molar-refractivity contribution in [3.8, 4) is 11.5 Å². The maximum atomic E-state index is 4.58. The number of H-pyrrole nitrogens is 1. The highest BCUT2D eigenvalue weighted by Gasteiger charge is 2.09. The van der Waals surface area contributed by atoms with E-state index >= 15 is 0 Å². The van der Waals surface area contributed by atoms with Gasteiger partial charge in [-0.05, 0) is 30.7 Å². The van der Waals surface area contributed by atoms with Crippen LogP contribution in [-0.4, -0.2) is 19.7 Å².